The molecular formula is C12H10BrNO2. The van der Waals surface area contributed by atoms with Crippen LogP contribution in [0.15, 0.2) is 34.9 Å². The molecule has 3 nitrogen and oxygen atoms in total. The van der Waals surface area contributed by atoms with Crippen LogP contribution in [0, 0.1) is 0 Å². The van der Waals surface area contributed by atoms with Crippen molar-refractivity contribution in [2.75, 3.05) is 6.61 Å². The zero-order valence-corrected chi connectivity index (χ0v) is 10.3. The van der Waals surface area contributed by atoms with Crippen molar-refractivity contribution in [3.8, 4) is 0 Å². The van der Waals surface area contributed by atoms with Gasteiger partial charge in [-0.25, -0.2) is 9.78 Å². The first kappa shape index (κ1) is 11.1. The van der Waals surface area contributed by atoms with Crippen molar-refractivity contribution in [1.82, 2.24) is 4.98 Å². The van der Waals surface area contributed by atoms with Gasteiger partial charge in [0.15, 0.2) is 0 Å². The van der Waals surface area contributed by atoms with E-state index < -0.39 is 5.97 Å². The molecule has 16 heavy (non-hydrogen) atoms. The number of hydrogen-bond donors (Lipinski definition) is 0. The van der Waals surface area contributed by atoms with Gasteiger partial charge < -0.3 is 4.74 Å². The van der Waals surface area contributed by atoms with E-state index in [1.807, 2.05) is 24.3 Å². The number of nitrogens with zero attached hydrogens (tertiary/aromatic N) is 1. The highest BCUT2D eigenvalue weighted by atomic mass is 79.9. The van der Waals surface area contributed by atoms with Crippen molar-refractivity contribution in [2.24, 2.45) is 0 Å². The van der Waals surface area contributed by atoms with Crippen LogP contribution >= 0.6 is 15.9 Å². The van der Waals surface area contributed by atoms with Crippen LogP contribution in [0.3, 0.4) is 0 Å². The summed E-state index contributed by atoms with van der Waals surface area (Å²) < 4.78 is 5.57. The third-order valence-electron chi connectivity index (χ3n) is 2.18. The predicted molar refractivity (Wildman–Crippen MR) is 65.4 cm³/mol. The summed E-state index contributed by atoms with van der Waals surface area (Å²) >= 11 is 3.35. The number of esters is 1. The van der Waals surface area contributed by atoms with Crippen LogP contribution in [-0.2, 0) is 4.74 Å². The molecule has 0 saturated carbocycles. The van der Waals surface area contributed by atoms with E-state index in [1.54, 1.807) is 13.0 Å². The standard InChI is InChI=1S/C12H10BrNO2/c1-2-16-12(15)10-7-8-5-3-4-6-9(8)11(13)14-10/h3-7H,2H2,1H3. The van der Waals surface area contributed by atoms with Gasteiger partial charge in [0, 0.05) is 5.39 Å². The third kappa shape index (κ3) is 2.07. The molecule has 0 atom stereocenters. The third-order valence-corrected chi connectivity index (χ3v) is 2.78. The molecule has 1 aromatic carbocycles. The van der Waals surface area contributed by atoms with Crippen LogP contribution in [-0.4, -0.2) is 17.6 Å². The molecule has 0 saturated heterocycles. The Balaban J connectivity index is 2.53. The van der Waals surface area contributed by atoms with Crippen molar-refractivity contribution in [1.29, 1.82) is 0 Å². The summed E-state index contributed by atoms with van der Waals surface area (Å²) in [5.74, 6) is -0.394. The second-order valence-corrected chi connectivity index (χ2v) is 3.99. The summed E-state index contributed by atoms with van der Waals surface area (Å²) in [6.07, 6.45) is 0. The highest BCUT2D eigenvalue weighted by Crippen LogP contribution is 2.22. The Bertz CT molecular complexity index is 540. The highest BCUT2D eigenvalue weighted by Gasteiger charge is 2.11. The normalized spacial score (nSPS) is 10.4. The number of halogens is 1. The zero-order valence-electron chi connectivity index (χ0n) is 8.74. The molecule has 0 fully saturated rings. The number of aromatic nitrogens is 1. The topological polar surface area (TPSA) is 39.2 Å². The lowest BCUT2D eigenvalue weighted by Gasteiger charge is -2.04. The van der Waals surface area contributed by atoms with Gasteiger partial charge in [-0.1, -0.05) is 24.3 Å². The number of benzene rings is 1. The Morgan fingerprint density at radius 2 is 2.19 bits per heavy atom. The van der Waals surface area contributed by atoms with Gasteiger partial charge in [-0.05, 0) is 34.3 Å². The van der Waals surface area contributed by atoms with E-state index in [2.05, 4.69) is 20.9 Å². The fourth-order valence-electron chi connectivity index (χ4n) is 1.47. The molecule has 2 rings (SSSR count). The molecule has 1 aromatic heterocycles. The summed E-state index contributed by atoms with van der Waals surface area (Å²) in [7, 11) is 0. The van der Waals surface area contributed by atoms with Crippen LogP contribution in [0.5, 0.6) is 0 Å². The monoisotopic (exact) mass is 279 g/mol. The maximum atomic E-state index is 11.5. The van der Waals surface area contributed by atoms with E-state index in [4.69, 9.17) is 4.74 Å². The van der Waals surface area contributed by atoms with Crippen LogP contribution in [0.25, 0.3) is 10.8 Å². The lowest BCUT2D eigenvalue weighted by molar-refractivity contribution is 0.0519. The molecule has 0 radical (unpaired) electrons. The Hall–Kier alpha value is -1.42. The summed E-state index contributed by atoms with van der Waals surface area (Å²) in [6.45, 7) is 2.12. The number of rotatable bonds is 2. The zero-order chi connectivity index (χ0) is 11.5. The van der Waals surface area contributed by atoms with E-state index >= 15 is 0 Å². The number of hydrogen-bond acceptors (Lipinski definition) is 3. The van der Waals surface area contributed by atoms with Crippen molar-refractivity contribution in [3.05, 3.63) is 40.6 Å². The Labute approximate surface area is 102 Å². The number of carbonyl (C=O) groups is 1. The molecule has 1 heterocycles. The molecule has 0 spiro atoms. The molecule has 0 aliphatic heterocycles. The predicted octanol–water partition coefficient (Wildman–Crippen LogP) is 3.17. The lowest BCUT2D eigenvalue weighted by Crippen LogP contribution is -2.07. The van der Waals surface area contributed by atoms with Crippen LogP contribution < -0.4 is 0 Å². The maximum Gasteiger partial charge on any atom is 0.356 e. The lowest BCUT2D eigenvalue weighted by atomic mass is 10.1. The minimum atomic E-state index is -0.394. The van der Waals surface area contributed by atoms with Gasteiger partial charge >= 0.3 is 5.97 Å². The second kappa shape index (κ2) is 4.61. The number of ether oxygens (including phenoxy) is 1. The van der Waals surface area contributed by atoms with E-state index in [-0.39, 0.29) is 0 Å². The first-order chi connectivity index (χ1) is 7.72. The maximum absolute atomic E-state index is 11.5. The first-order valence-electron chi connectivity index (χ1n) is 4.94. The van der Waals surface area contributed by atoms with Gasteiger partial charge in [0.25, 0.3) is 0 Å². The molecule has 0 amide bonds. The number of pyridine rings is 1. The molecule has 82 valence electrons. The molecule has 2 aromatic rings. The summed E-state index contributed by atoms with van der Waals surface area (Å²) in [5, 5.41) is 1.95. The van der Waals surface area contributed by atoms with Gasteiger partial charge in [-0.3, -0.25) is 0 Å². The van der Waals surface area contributed by atoms with Crippen LogP contribution in [0.4, 0.5) is 0 Å². The van der Waals surface area contributed by atoms with Gasteiger partial charge in [0.1, 0.15) is 10.3 Å². The average molecular weight is 280 g/mol. The molecule has 0 aliphatic carbocycles. The smallest absolute Gasteiger partial charge is 0.356 e. The summed E-state index contributed by atoms with van der Waals surface area (Å²) in [6, 6.07) is 9.46. The molecule has 0 N–H and O–H groups in total. The summed E-state index contributed by atoms with van der Waals surface area (Å²) in [5.41, 5.74) is 0.326. The van der Waals surface area contributed by atoms with Gasteiger partial charge in [-0.2, -0.15) is 0 Å². The highest BCUT2D eigenvalue weighted by molar-refractivity contribution is 9.10. The average Bonchev–Trinajstić information content (AvgIpc) is 2.29. The van der Waals surface area contributed by atoms with E-state index in [0.717, 1.165) is 10.8 Å². The Morgan fingerprint density at radius 1 is 1.44 bits per heavy atom. The van der Waals surface area contributed by atoms with E-state index in [1.165, 1.54) is 0 Å². The van der Waals surface area contributed by atoms with Crippen molar-refractivity contribution in [2.45, 2.75) is 6.92 Å². The van der Waals surface area contributed by atoms with Crippen molar-refractivity contribution in [3.63, 3.8) is 0 Å². The Kier molecular flexibility index (Phi) is 3.19. The SMILES string of the molecule is CCOC(=O)c1cc2ccccc2c(Br)n1. The second-order valence-electron chi connectivity index (χ2n) is 3.24. The fourth-order valence-corrected chi connectivity index (χ4v) is 2.02. The van der Waals surface area contributed by atoms with E-state index in [0.29, 0.717) is 16.9 Å². The number of carbonyl (C=O) groups excluding carboxylic acids is 1. The molecule has 0 aliphatic rings. The molecule has 0 bridgehead atoms. The Morgan fingerprint density at radius 3 is 2.94 bits per heavy atom. The van der Waals surface area contributed by atoms with Gasteiger partial charge in [0.05, 0.1) is 6.61 Å². The largest absolute Gasteiger partial charge is 0.461 e. The minimum Gasteiger partial charge on any atom is -0.461 e. The minimum absolute atomic E-state index is 0.326. The van der Waals surface area contributed by atoms with Gasteiger partial charge in [-0.15, -0.1) is 0 Å². The van der Waals surface area contributed by atoms with Crippen molar-refractivity contribution >= 4 is 32.7 Å². The molecule has 0 unspecified atom stereocenters. The van der Waals surface area contributed by atoms with Gasteiger partial charge in [0.2, 0.25) is 0 Å². The molecular weight excluding hydrogens is 270 g/mol. The van der Waals surface area contributed by atoms with Crippen molar-refractivity contribution < 1.29 is 9.53 Å². The van der Waals surface area contributed by atoms with Crippen LogP contribution in [0.2, 0.25) is 0 Å². The summed E-state index contributed by atoms with van der Waals surface area (Å²) in [4.78, 5) is 15.7. The van der Waals surface area contributed by atoms with Crippen LogP contribution in [0.1, 0.15) is 17.4 Å². The fraction of sp³-hybridized carbons (Fsp3) is 0.167. The molecule has 4 heteroatoms. The van der Waals surface area contributed by atoms with E-state index in [9.17, 15) is 4.79 Å². The first-order valence-corrected chi connectivity index (χ1v) is 5.74. The number of fused-ring (bicyclic) bond motifs is 1. The quantitative estimate of drug-likeness (QED) is 0.626.